The van der Waals surface area contributed by atoms with Crippen LogP contribution in [0.2, 0.25) is 5.02 Å². The molecule has 0 radical (unpaired) electrons. The summed E-state index contributed by atoms with van der Waals surface area (Å²) < 4.78 is 30.4. The number of sulfonamides is 1. The Hall–Kier alpha value is -4.25. The van der Waals surface area contributed by atoms with E-state index in [9.17, 15) is 8.42 Å². The molecular weight excluding hydrogens is 512 g/mol. The lowest BCUT2D eigenvalue weighted by atomic mass is 10.1. The van der Waals surface area contributed by atoms with E-state index in [1.807, 2.05) is 47.2 Å². The van der Waals surface area contributed by atoms with Crippen molar-refractivity contribution in [3.8, 4) is 22.6 Å². The van der Waals surface area contributed by atoms with Crippen LogP contribution in [-0.2, 0) is 10.0 Å². The van der Waals surface area contributed by atoms with E-state index in [1.165, 1.54) is 18.5 Å². The highest BCUT2D eigenvalue weighted by Crippen LogP contribution is 2.36. The predicted octanol–water partition coefficient (Wildman–Crippen LogP) is 4.84. The van der Waals surface area contributed by atoms with Gasteiger partial charge in [0.25, 0.3) is 0 Å². The Kier molecular flexibility index (Phi) is 6.62. The van der Waals surface area contributed by atoms with Crippen LogP contribution in [-0.4, -0.2) is 36.3 Å². The van der Waals surface area contributed by atoms with Crippen molar-refractivity contribution in [2.75, 3.05) is 12.5 Å². The minimum absolute atomic E-state index is 0.0236. The van der Waals surface area contributed by atoms with Gasteiger partial charge < -0.3 is 9.30 Å². The fourth-order valence-electron chi connectivity index (χ4n) is 3.85. The van der Waals surface area contributed by atoms with Gasteiger partial charge in [0, 0.05) is 22.5 Å². The quantitative estimate of drug-likeness (QED) is 0.228. The molecule has 0 spiro atoms. The van der Waals surface area contributed by atoms with Gasteiger partial charge in [-0.25, -0.2) is 23.5 Å². The zero-order valence-corrected chi connectivity index (χ0v) is 21.1. The number of anilines is 1. The van der Waals surface area contributed by atoms with E-state index >= 15 is 0 Å². The van der Waals surface area contributed by atoms with E-state index in [0.29, 0.717) is 22.2 Å². The Morgan fingerprint density at radius 2 is 1.70 bits per heavy atom. The molecule has 5 rings (SSSR count). The maximum Gasteiger partial charge on any atom is 0.238 e. The van der Waals surface area contributed by atoms with Crippen molar-refractivity contribution in [2.45, 2.75) is 4.90 Å². The minimum atomic E-state index is -3.81. The Morgan fingerprint density at radius 1 is 1.00 bits per heavy atom. The predicted molar refractivity (Wildman–Crippen MR) is 145 cm³/mol. The molecule has 0 aliphatic rings. The molecule has 0 saturated heterocycles. The van der Waals surface area contributed by atoms with Crippen molar-refractivity contribution in [3.63, 3.8) is 0 Å². The van der Waals surface area contributed by atoms with Gasteiger partial charge in [-0.1, -0.05) is 23.7 Å². The Balaban J connectivity index is 1.60. The molecule has 0 atom stereocenters. The Labute approximate surface area is 218 Å². The Morgan fingerprint density at radius 3 is 2.35 bits per heavy atom. The second kappa shape index (κ2) is 10.0. The summed E-state index contributed by atoms with van der Waals surface area (Å²) >= 11 is 6.12. The summed E-state index contributed by atoms with van der Waals surface area (Å²) in [6, 6.07) is 21.2. The third-order valence-corrected chi connectivity index (χ3v) is 6.86. The molecule has 0 aliphatic carbocycles. The zero-order chi connectivity index (χ0) is 26.0. The zero-order valence-electron chi connectivity index (χ0n) is 19.5. The number of hydrogen-bond acceptors (Lipinski definition) is 7. The standard InChI is InChI=1S/C26H21ClN6O3S/c1-36-21-10-2-17(3-11-21)14-31-32-25-24-23(18-4-6-19(27)7-5-18)15-33(26(24)30-16-29-25)20-8-12-22(13-9-20)37(28,34)35/h2-16H,1H3,(H2,28,34,35)(H,29,30,32)/b31-14+. The first-order valence-electron chi connectivity index (χ1n) is 11.0. The largest absolute Gasteiger partial charge is 0.497 e. The summed E-state index contributed by atoms with van der Waals surface area (Å²) in [7, 11) is -2.20. The molecule has 2 heterocycles. The van der Waals surface area contributed by atoms with Gasteiger partial charge in [0.1, 0.15) is 12.1 Å². The molecule has 11 heteroatoms. The monoisotopic (exact) mass is 532 g/mol. The highest BCUT2D eigenvalue weighted by Gasteiger charge is 2.18. The van der Waals surface area contributed by atoms with E-state index in [0.717, 1.165) is 27.8 Å². The molecule has 2 aromatic heterocycles. The van der Waals surface area contributed by atoms with Crippen LogP contribution in [0, 0.1) is 0 Å². The molecule has 0 unspecified atom stereocenters. The topological polar surface area (TPSA) is 124 Å². The molecule has 0 bridgehead atoms. The van der Waals surface area contributed by atoms with Crippen molar-refractivity contribution in [1.82, 2.24) is 14.5 Å². The first-order chi connectivity index (χ1) is 17.8. The van der Waals surface area contributed by atoms with Gasteiger partial charge in [-0.2, -0.15) is 5.10 Å². The molecular formula is C26H21ClN6O3S. The summed E-state index contributed by atoms with van der Waals surface area (Å²) in [5.41, 5.74) is 6.94. The van der Waals surface area contributed by atoms with E-state index in [-0.39, 0.29) is 4.90 Å². The van der Waals surface area contributed by atoms with E-state index in [4.69, 9.17) is 21.5 Å². The first kappa shape index (κ1) is 24.4. The second-order valence-corrected chi connectivity index (χ2v) is 10.0. The molecule has 0 amide bonds. The van der Waals surface area contributed by atoms with Crippen LogP contribution in [0.1, 0.15) is 5.56 Å². The fourth-order valence-corrected chi connectivity index (χ4v) is 4.49. The van der Waals surface area contributed by atoms with Crippen molar-refractivity contribution in [2.24, 2.45) is 10.2 Å². The number of fused-ring (bicyclic) bond motifs is 1. The summed E-state index contributed by atoms with van der Waals surface area (Å²) in [5.74, 6) is 1.26. The fraction of sp³-hybridized carbons (Fsp3) is 0.0385. The van der Waals surface area contributed by atoms with Gasteiger partial charge in [-0.15, -0.1) is 0 Å². The molecule has 0 aliphatic heterocycles. The average Bonchev–Trinajstić information content (AvgIpc) is 3.30. The second-order valence-electron chi connectivity index (χ2n) is 8.02. The van der Waals surface area contributed by atoms with E-state index in [1.54, 1.807) is 37.6 Å². The van der Waals surface area contributed by atoms with Crippen LogP contribution in [0.3, 0.4) is 0 Å². The lowest BCUT2D eigenvalue weighted by Crippen LogP contribution is -2.12. The number of nitrogens with two attached hydrogens (primary N) is 1. The maximum absolute atomic E-state index is 11.7. The number of aromatic nitrogens is 3. The first-order valence-corrected chi connectivity index (χ1v) is 12.9. The molecule has 3 N–H and O–H groups in total. The van der Waals surface area contributed by atoms with Gasteiger partial charge in [0.15, 0.2) is 11.5 Å². The van der Waals surface area contributed by atoms with Crippen molar-refractivity contribution < 1.29 is 13.2 Å². The van der Waals surface area contributed by atoms with Gasteiger partial charge in [0.05, 0.1) is 23.6 Å². The normalized spacial score (nSPS) is 11.8. The number of nitrogens with zero attached hydrogens (tertiary/aromatic N) is 4. The lowest BCUT2D eigenvalue weighted by Gasteiger charge is -2.07. The SMILES string of the molecule is COc1ccc(/C=N/Nc2ncnc3c2c(-c2ccc(Cl)cc2)cn3-c2ccc(S(N)(=O)=O)cc2)cc1. The molecule has 3 aromatic carbocycles. The van der Waals surface area contributed by atoms with Crippen molar-refractivity contribution in [1.29, 1.82) is 0 Å². The van der Waals surface area contributed by atoms with E-state index in [2.05, 4.69) is 20.5 Å². The molecule has 37 heavy (non-hydrogen) atoms. The molecule has 0 saturated carbocycles. The summed E-state index contributed by atoms with van der Waals surface area (Å²) in [6.07, 6.45) is 5.03. The molecule has 186 valence electrons. The third-order valence-electron chi connectivity index (χ3n) is 5.68. The van der Waals surface area contributed by atoms with Crippen LogP contribution < -0.4 is 15.3 Å². The lowest BCUT2D eigenvalue weighted by molar-refractivity contribution is 0.415. The smallest absolute Gasteiger partial charge is 0.238 e. The van der Waals surface area contributed by atoms with Crippen molar-refractivity contribution >= 4 is 44.7 Å². The minimum Gasteiger partial charge on any atom is -0.497 e. The number of benzene rings is 3. The highest BCUT2D eigenvalue weighted by atomic mass is 35.5. The van der Waals surface area contributed by atoms with Crippen LogP contribution >= 0.6 is 11.6 Å². The van der Waals surface area contributed by atoms with Gasteiger partial charge in [-0.3, -0.25) is 5.43 Å². The van der Waals surface area contributed by atoms with Crippen LogP contribution in [0.4, 0.5) is 5.82 Å². The maximum atomic E-state index is 11.7. The Bertz CT molecular complexity index is 1700. The molecule has 0 fully saturated rings. The summed E-state index contributed by atoms with van der Waals surface area (Å²) in [5, 5.41) is 11.0. The number of ether oxygens (including phenoxy) is 1. The average molecular weight is 533 g/mol. The number of hydrogen-bond donors (Lipinski definition) is 2. The van der Waals surface area contributed by atoms with Crippen LogP contribution in [0.15, 0.2) is 95.3 Å². The van der Waals surface area contributed by atoms with E-state index < -0.39 is 10.0 Å². The van der Waals surface area contributed by atoms with Gasteiger partial charge in [0.2, 0.25) is 10.0 Å². The molecule has 5 aromatic rings. The van der Waals surface area contributed by atoms with Crippen LogP contribution in [0.5, 0.6) is 5.75 Å². The number of methoxy groups -OCH3 is 1. The number of nitrogens with one attached hydrogen (secondary N) is 1. The van der Waals surface area contributed by atoms with Crippen molar-refractivity contribution in [3.05, 3.63) is 95.9 Å². The van der Waals surface area contributed by atoms with Gasteiger partial charge in [-0.05, 0) is 71.8 Å². The third kappa shape index (κ3) is 5.17. The highest BCUT2D eigenvalue weighted by molar-refractivity contribution is 7.89. The number of rotatable bonds is 7. The molecule has 9 nitrogen and oxygen atoms in total. The van der Waals surface area contributed by atoms with Gasteiger partial charge >= 0.3 is 0 Å². The number of halogens is 1. The summed E-state index contributed by atoms with van der Waals surface area (Å²) in [4.78, 5) is 8.97. The number of primary sulfonamides is 1. The number of hydrazone groups is 1. The van der Waals surface area contributed by atoms with Crippen LogP contribution in [0.25, 0.3) is 27.8 Å². The summed E-state index contributed by atoms with van der Waals surface area (Å²) in [6.45, 7) is 0.